The SMILES string of the molecule is O=C(NC1C(=O)N2C(C(=O)OC(c3ccccc3)c3ccccc3)=C(C=P(c3ccccc3)(c3ccccc3)c3ccccc3)CS[C@@H]12)C(=NOC(c1ccccc1)(c1ccccc1)c1ccccc1)c1csc(NC(c2ccccc2)(c2ccccc2)c2ccccc2)n1. The molecule has 0 radical (unpaired) electrons. The summed E-state index contributed by atoms with van der Waals surface area (Å²) in [7, 11) is 0. The molecule has 10 nitrogen and oxygen atoms in total. The van der Waals surface area contributed by atoms with Gasteiger partial charge in [-0.2, -0.15) is 0 Å². The first kappa shape index (κ1) is 61.6. The Morgan fingerprint density at radius 1 is 0.516 bits per heavy atom. The van der Waals surface area contributed by atoms with Crippen LogP contribution in [0, 0.1) is 0 Å². The van der Waals surface area contributed by atoms with Gasteiger partial charge in [-0.15, -0.1) is 23.1 Å². The molecule has 0 spiro atoms. The van der Waals surface area contributed by atoms with Crippen LogP contribution in [-0.2, 0) is 35.1 Å². The highest BCUT2D eigenvalue weighted by Crippen LogP contribution is 2.49. The van der Waals surface area contributed by atoms with Gasteiger partial charge >= 0.3 is 5.97 Å². The Labute approximate surface area is 561 Å². The van der Waals surface area contributed by atoms with E-state index >= 15 is 14.4 Å². The zero-order chi connectivity index (χ0) is 64.4. The highest BCUT2D eigenvalue weighted by molar-refractivity contribution is 8.00. The van der Waals surface area contributed by atoms with Gasteiger partial charge in [0.1, 0.15) is 28.3 Å². The van der Waals surface area contributed by atoms with Crippen LogP contribution in [0.2, 0.25) is 0 Å². The van der Waals surface area contributed by atoms with Crippen molar-refractivity contribution in [3.63, 3.8) is 0 Å². The van der Waals surface area contributed by atoms with E-state index in [1.54, 1.807) is 5.38 Å². The maximum Gasteiger partial charge on any atom is 0.356 e. The minimum absolute atomic E-state index is 0.109. The van der Waals surface area contributed by atoms with Crippen molar-refractivity contribution in [2.24, 2.45) is 5.16 Å². The number of anilines is 1. The van der Waals surface area contributed by atoms with Gasteiger partial charge < -0.3 is 20.2 Å². The molecule has 2 aliphatic rings. The normalized spacial score (nSPS) is 14.9. The predicted octanol–water partition coefficient (Wildman–Crippen LogP) is 15.0. The summed E-state index contributed by atoms with van der Waals surface area (Å²) in [4.78, 5) is 61.6. The number of thiazole rings is 1. The van der Waals surface area contributed by atoms with Crippen LogP contribution in [0.4, 0.5) is 5.13 Å². The second kappa shape index (κ2) is 27.8. The molecule has 0 saturated carbocycles. The van der Waals surface area contributed by atoms with Gasteiger partial charge in [-0.25, -0.2) is 9.78 Å². The second-order valence-electron chi connectivity index (χ2n) is 23.0. The first-order valence-corrected chi connectivity index (χ1v) is 35.2. The Bertz CT molecular complexity index is 4400. The molecule has 0 bridgehead atoms. The van der Waals surface area contributed by atoms with Crippen LogP contribution in [0.5, 0.6) is 0 Å². The number of oxime groups is 1. The second-order valence-corrected chi connectivity index (χ2v) is 28.2. The quantitative estimate of drug-likeness (QED) is 0.0182. The summed E-state index contributed by atoms with van der Waals surface area (Å²) in [5, 5.41) is 16.7. The highest BCUT2D eigenvalue weighted by Gasteiger charge is 2.55. The molecule has 14 rings (SSSR count). The topological polar surface area (TPSA) is 122 Å². The van der Waals surface area contributed by atoms with E-state index in [-0.39, 0.29) is 22.9 Å². The number of benzene rings is 11. The van der Waals surface area contributed by atoms with Crippen molar-refractivity contribution < 1.29 is 24.0 Å². The Kier molecular flexibility index (Phi) is 18.0. The number of amides is 2. The molecule has 1 saturated heterocycles. The highest BCUT2D eigenvalue weighted by atomic mass is 32.2. The summed E-state index contributed by atoms with van der Waals surface area (Å²) >= 11 is 2.79. The number of ether oxygens (including phenoxy) is 1. The van der Waals surface area contributed by atoms with Crippen molar-refractivity contribution in [1.82, 2.24) is 15.2 Å². The zero-order valence-corrected chi connectivity index (χ0v) is 54.0. The Morgan fingerprint density at radius 3 is 1.28 bits per heavy atom. The van der Waals surface area contributed by atoms with Gasteiger partial charge in [0.25, 0.3) is 11.8 Å². The van der Waals surface area contributed by atoms with Crippen molar-refractivity contribution in [2.45, 2.75) is 28.7 Å². The van der Waals surface area contributed by atoms with Gasteiger partial charge in [-0.3, -0.25) is 14.5 Å². The molecule has 12 aromatic rings. The number of carbonyl (C=O) groups is 3. The Morgan fingerprint density at radius 2 is 0.884 bits per heavy atom. The van der Waals surface area contributed by atoms with Gasteiger partial charge in [-0.05, 0) is 62.0 Å². The number of β-lactam (4-membered cyclic amide) rings is 1. The van der Waals surface area contributed by atoms with Crippen LogP contribution in [-0.4, -0.2) is 56.3 Å². The fourth-order valence-corrected chi connectivity index (χ4v) is 19.1. The van der Waals surface area contributed by atoms with Crippen molar-refractivity contribution >= 4 is 80.3 Å². The summed E-state index contributed by atoms with van der Waals surface area (Å²) in [6.07, 6.45) is -0.834. The summed E-state index contributed by atoms with van der Waals surface area (Å²) in [6.45, 7) is -2.78. The van der Waals surface area contributed by atoms with E-state index in [0.717, 1.165) is 60.4 Å². The Hall–Kier alpha value is -10.9. The molecule has 1 unspecified atom stereocenters. The first-order chi connectivity index (χ1) is 46.8. The number of nitrogens with zero attached hydrogens (tertiary/aromatic N) is 3. The molecular formula is C82H64N5O5PS2. The van der Waals surface area contributed by atoms with Gasteiger partial charge in [0, 0.05) is 27.8 Å². The van der Waals surface area contributed by atoms with E-state index in [0.29, 0.717) is 10.7 Å². The van der Waals surface area contributed by atoms with Crippen molar-refractivity contribution in [3.05, 3.63) is 401 Å². The summed E-state index contributed by atoms with van der Waals surface area (Å²) < 4.78 is 6.79. The van der Waals surface area contributed by atoms with E-state index in [2.05, 4.69) is 89.2 Å². The number of nitrogens with one attached hydrogen (secondary N) is 2. The third-order valence-corrected chi connectivity index (χ3v) is 23.5. The minimum atomic E-state index is -2.78. The summed E-state index contributed by atoms with van der Waals surface area (Å²) in [5.41, 5.74) is 5.04. The number of aromatic nitrogens is 1. The number of esters is 1. The third-order valence-electron chi connectivity index (χ3n) is 17.4. The molecule has 95 heavy (non-hydrogen) atoms. The van der Waals surface area contributed by atoms with Crippen molar-refractivity contribution in [3.8, 4) is 0 Å². The van der Waals surface area contributed by atoms with Crippen molar-refractivity contribution in [1.29, 1.82) is 0 Å². The number of hydrogen-bond donors (Lipinski definition) is 2. The average Bonchev–Trinajstić information content (AvgIpc) is 0.969. The minimum Gasteiger partial charge on any atom is -0.448 e. The molecule has 2 N–H and O–H groups in total. The maximum absolute atomic E-state index is 16.0. The van der Waals surface area contributed by atoms with Crippen LogP contribution in [0.3, 0.4) is 0 Å². The smallest absolute Gasteiger partial charge is 0.356 e. The fourth-order valence-electron chi connectivity index (χ4n) is 13.0. The molecule has 11 aromatic carbocycles. The first-order valence-electron chi connectivity index (χ1n) is 31.4. The fraction of sp³-hybridized carbons (Fsp3) is 0.0732. The van der Waals surface area contributed by atoms with Crippen LogP contribution in [0.1, 0.15) is 56.3 Å². The van der Waals surface area contributed by atoms with Gasteiger partial charge in [0.15, 0.2) is 16.9 Å². The average molecular weight is 1290 g/mol. The van der Waals surface area contributed by atoms with E-state index in [4.69, 9.17) is 19.7 Å². The standard InChI is InChI=1S/C82H64N5O5PS2/c88-76(84-73-77(89)87-74(79(90)91-75(59-34-12-1-13-35-59)60-36-14-2-15-37-60)61(57-94-78(73)87)56-93(68-50-28-9-29-51-68,69-52-30-10-31-53-69)70-54-32-11-33-55-70)72(86-92-82(65-44-22-6-23-45-65,66-46-24-7-25-47-66)67-48-26-8-27-49-67)71-58-95-80(83-71)85-81(62-38-16-3-17-39-62,63-40-18-4-19-41-63)64-42-20-5-21-43-64/h1-56,58,73,75,78H,57H2,(H,83,85)(H,84,88)/t73?,78-/m0/s1. The molecule has 2 amide bonds. The van der Waals surface area contributed by atoms with E-state index in [1.807, 2.05) is 261 Å². The van der Waals surface area contributed by atoms with Gasteiger partial charge in [-0.1, -0.05) is 339 Å². The molecule has 13 heteroatoms. The lowest BCUT2D eigenvalue weighted by atomic mass is 9.77. The van der Waals surface area contributed by atoms with Gasteiger partial charge in [0.2, 0.25) is 5.60 Å². The molecule has 1 aromatic heterocycles. The largest absolute Gasteiger partial charge is 0.448 e. The molecular weight excluding hydrogens is 1230 g/mol. The molecule has 0 aliphatic carbocycles. The number of hydrogen-bond acceptors (Lipinski definition) is 10. The molecule has 2 atom stereocenters. The summed E-state index contributed by atoms with van der Waals surface area (Å²) in [5.74, 6) is 0.622. The van der Waals surface area contributed by atoms with E-state index < -0.39 is 53.3 Å². The zero-order valence-electron chi connectivity index (χ0n) is 51.5. The van der Waals surface area contributed by atoms with Crippen molar-refractivity contribution in [2.75, 3.05) is 11.1 Å². The lowest BCUT2D eigenvalue weighted by Gasteiger charge is -2.49. The number of carbonyl (C=O) groups excluding carboxylic acids is 3. The third kappa shape index (κ3) is 12.0. The lowest BCUT2D eigenvalue weighted by Crippen LogP contribution is -2.71. The maximum atomic E-state index is 16.0. The van der Waals surface area contributed by atoms with Crippen LogP contribution >= 0.6 is 30.0 Å². The monoisotopic (exact) mass is 1290 g/mol. The predicted molar refractivity (Wildman–Crippen MR) is 386 cm³/mol. The summed E-state index contributed by atoms with van der Waals surface area (Å²) in [6, 6.07) is 109. The number of thioether (sulfide) groups is 1. The van der Waals surface area contributed by atoms with Crippen LogP contribution in [0.25, 0.3) is 0 Å². The number of fused-ring (bicyclic) bond motifs is 1. The molecule has 2 aliphatic heterocycles. The molecule has 464 valence electrons. The lowest BCUT2D eigenvalue weighted by molar-refractivity contribution is -0.154. The van der Waals surface area contributed by atoms with E-state index in [1.165, 1.54) is 28.0 Å². The van der Waals surface area contributed by atoms with Crippen LogP contribution < -0.4 is 26.5 Å². The molecule has 3 heterocycles. The Balaban J connectivity index is 0.903. The van der Waals surface area contributed by atoms with E-state index in [9.17, 15) is 0 Å². The van der Waals surface area contributed by atoms with Crippen LogP contribution in [0.15, 0.2) is 355 Å². The van der Waals surface area contributed by atoms with Gasteiger partial charge in [0.05, 0.1) is 0 Å². The number of rotatable bonds is 21. The molecule has 1 fully saturated rings.